The van der Waals surface area contributed by atoms with Gasteiger partial charge < -0.3 is 10.5 Å². The molecule has 2 fully saturated rings. The molecule has 2 heterocycles. The Balaban J connectivity index is 1.87. The molecule has 0 aliphatic carbocycles. The second kappa shape index (κ2) is 4.87. The highest BCUT2D eigenvalue weighted by Gasteiger charge is 2.42. The summed E-state index contributed by atoms with van der Waals surface area (Å²) in [5.74, 6) is 0. The van der Waals surface area contributed by atoms with E-state index in [2.05, 4.69) is 4.72 Å². The number of fused-ring (bicyclic) bond motifs is 2. The van der Waals surface area contributed by atoms with Crippen molar-refractivity contribution in [3.8, 4) is 0 Å². The van der Waals surface area contributed by atoms with Gasteiger partial charge >= 0.3 is 0 Å². The van der Waals surface area contributed by atoms with Crippen molar-refractivity contribution in [1.29, 1.82) is 0 Å². The van der Waals surface area contributed by atoms with E-state index in [0.717, 1.165) is 24.8 Å². The van der Waals surface area contributed by atoms with Gasteiger partial charge in [-0.3, -0.25) is 0 Å². The summed E-state index contributed by atoms with van der Waals surface area (Å²) in [5.41, 5.74) is 6.96. The number of hydrogen-bond donors (Lipinski definition) is 2. The minimum Gasteiger partial charge on any atom is -0.398 e. The highest BCUT2D eigenvalue weighted by Crippen LogP contribution is 2.35. The molecule has 0 saturated carbocycles. The van der Waals surface area contributed by atoms with Gasteiger partial charge in [-0.2, -0.15) is 0 Å². The molecule has 2 saturated heterocycles. The molecule has 7 heteroatoms. The minimum atomic E-state index is -3.68. The fraction of sp³-hybridized carbons (Fsp3) is 0.538. The Morgan fingerprint density at radius 3 is 2.75 bits per heavy atom. The number of benzene rings is 1. The van der Waals surface area contributed by atoms with E-state index in [9.17, 15) is 8.42 Å². The summed E-state index contributed by atoms with van der Waals surface area (Å²) in [6.45, 7) is 1.79. The van der Waals surface area contributed by atoms with Crippen molar-refractivity contribution in [2.75, 3.05) is 5.73 Å². The van der Waals surface area contributed by atoms with Gasteiger partial charge in [0.2, 0.25) is 10.0 Å². The third kappa shape index (κ3) is 2.41. The van der Waals surface area contributed by atoms with Gasteiger partial charge in [0, 0.05) is 5.69 Å². The zero-order valence-electron chi connectivity index (χ0n) is 11.1. The Morgan fingerprint density at radius 2 is 2.15 bits per heavy atom. The number of nitrogens with two attached hydrogens (primary N) is 1. The van der Waals surface area contributed by atoms with E-state index in [-0.39, 0.29) is 28.2 Å². The molecule has 3 atom stereocenters. The standard InChI is InChI=1S/C13H17ClN2O3S/c1-7-4-9(14)13(6-10(7)15)20(17,18)16-11-5-8-2-3-12(11)19-8/h4,6,8,11-12,16H,2-3,5,15H2,1H3. The number of nitrogens with one attached hydrogen (secondary N) is 1. The average molecular weight is 317 g/mol. The van der Waals surface area contributed by atoms with Gasteiger partial charge in [0.05, 0.1) is 23.3 Å². The Hall–Kier alpha value is -0.820. The van der Waals surface area contributed by atoms with E-state index in [1.165, 1.54) is 6.07 Å². The molecule has 0 aromatic heterocycles. The number of rotatable bonds is 3. The fourth-order valence-corrected chi connectivity index (χ4v) is 4.79. The molecule has 0 amide bonds. The van der Waals surface area contributed by atoms with Gasteiger partial charge in [0.25, 0.3) is 0 Å². The molecule has 20 heavy (non-hydrogen) atoms. The van der Waals surface area contributed by atoms with Crippen molar-refractivity contribution >= 4 is 27.3 Å². The van der Waals surface area contributed by atoms with Crippen LogP contribution in [0, 0.1) is 6.92 Å². The first-order valence-electron chi connectivity index (χ1n) is 6.60. The molecular weight excluding hydrogens is 300 g/mol. The highest BCUT2D eigenvalue weighted by atomic mass is 35.5. The lowest BCUT2D eigenvalue weighted by Crippen LogP contribution is -2.41. The van der Waals surface area contributed by atoms with E-state index in [1.54, 1.807) is 13.0 Å². The van der Waals surface area contributed by atoms with E-state index >= 15 is 0 Å². The second-order valence-corrected chi connectivity index (χ2v) is 7.57. The first kappa shape index (κ1) is 14.1. The molecule has 5 nitrogen and oxygen atoms in total. The number of aryl methyl sites for hydroxylation is 1. The number of sulfonamides is 1. The molecule has 110 valence electrons. The largest absolute Gasteiger partial charge is 0.398 e. The van der Waals surface area contributed by atoms with E-state index in [4.69, 9.17) is 22.1 Å². The highest BCUT2D eigenvalue weighted by molar-refractivity contribution is 7.89. The Kier molecular flexibility index (Phi) is 3.44. The summed E-state index contributed by atoms with van der Waals surface area (Å²) < 4.78 is 33.2. The van der Waals surface area contributed by atoms with E-state index in [1.807, 2.05) is 0 Å². The predicted octanol–water partition coefficient (Wildman–Crippen LogP) is 1.83. The summed E-state index contributed by atoms with van der Waals surface area (Å²) in [5, 5.41) is 0.188. The van der Waals surface area contributed by atoms with Crippen LogP contribution in [0.15, 0.2) is 17.0 Å². The molecule has 3 rings (SSSR count). The number of halogens is 1. The molecule has 3 unspecified atom stereocenters. The first-order chi connectivity index (χ1) is 9.37. The smallest absolute Gasteiger partial charge is 0.242 e. The van der Waals surface area contributed by atoms with Crippen molar-refractivity contribution < 1.29 is 13.2 Å². The molecule has 0 spiro atoms. The van der Waals surface area contributed by atoms with Crippen LogP contribution in [0.5, 0.6) is 0 Å². The molecule has 0 radical (unpaired) electrons. The van der Waals surface area contributed by atoms with E-state index in [0.29, 0.717) is 5.69 Å². The molecule has 3 N–H and O–H groups in total. The predicted molar refractivity (Wildman–Crippen MR) is 77.2 cm³/mol. The van der Waals surface area contributed by atoms with Crippen molar-refractivity contribution in [3.63, 3.8) is 0 Å². The average Bonchev–Trinajstić information content (AvgIpc) is 2.95. The quantitative estimate of drug-likeness (QED) is 0.834. The monoisotopic (exact) mass is 316 g/mol. The molecule has 2 aliphatic rings. The van der Waals surface area contributed by atoms with E-state index < -0.39 is 10.0 Å². The topological polar surface area (TPSA) is 81.4 Å². The van der Waals surface area contributed by atoms with Gasteiger partial charge in [0.1, 0.15) is 4.90 Å². The summed E-state index contributed by atoms with van der Waals surface area (Å²) in [6, 6.07) is 2.81. The van der Waals surface area contributed by atoms with Crippen molar-refractivity contribution in [1.82, 2.24) is 4.72 Å². The number of anilines is 1. The summed E-state index contributed by atoms with van der Waals surface area (Å²) in [7, 11) is -3.68. The minimum absolute atomic E-state index is 0.0173. The third-order valence-electron chi connectivity index (χ3n) is 4.02. The molecule has 1 aromatic rings. The van der Waals surface area contributed by atoms with Crippen molar-refractivity contribution in [2.45, 2.75) is 49.3 Å². The summed E-state index contributed by atoms with van der Waals surface area (Å²) in [4.78, 5) is 0.0324. The van der Waals surface area contributed by atoms with Crippen LogP contribution >= 0.6 is 11.6 Å². The SMILES string of the molecule is Cc1cc(Cl)c(S(=O)(=O)NC2CC3CCC2O3)cc1N. The van der Waals surface area contributed by atoms with Crippen LogP contribution in [0.1, 0.15) is 24.8 Å². The van der Waals surface area contributed by atoms with Gasteiger partial charge in [-0.15, -0.1) is 0 Å². The maximum atomic E-state index is 12.4. The number of nitrogen functional groups attached to an aromatic ring is 1. The fourth-order valence-electron chi connectivity index (χ4n) is 2.90. The van der Waals surface area contributed by atoms with Crippen molar-refractivity contribution in [2.24, 2.45) is 0 Å². The molecule has 2 bridgehead atoms. The van der Waals surface area contributed by atoms with Crippen LogP contribution in [0.2, 0.25) is 5.02 Å². The van der Waals surface area contributed by atoms with Crippen LogP contribution in [-0.4, -0.2) is 26.7 Å². The van der Waals surface area contributed by atoms with Crippen LogP contribution in [0.3, 0.4) is 0 Å². The third-order valence-corrected chi connectivity index (χ3v) is 5.98. The lowest BCUT2D eigenvalue weighted by molar-refractivity contribution is 0.0996. The Bertz CT molecular complexity index is 647. The Morgan fingerprint density at radius 1 is 1.40 bits per heavy atom. The van der Waals surface area contributed by atoms with Crippen LogP contribution in [0.4, 0.5) is 5.69 Å². The maximum Gasteiger partial charge on any atom is 0.242 e. The van der Waals surface area contributed by atoms with Crippen LogP contribution in [-0.2, 0) is 14.8 Å². The maximum absolute atomic E-state index is 12.4. The summed E-state index contributed by atoms with van der Waals surface area (Å²) >= 11 is 6.04. The normalized spacial score (nSPS) is 29.0. The lowest BCUT2D eigenvalue weighted by atomic mass is 9.96. The van der Waals surface area contributed by atoms with Gasteiger partial charge in [-0.25, -0.2) is 13.1 Å². The zero-order valence-corrected chi connectivity index (χ0v) is 12.7. The second-order valence-electron chi connectivity index (χ2n) is 5.48. The molecule has 1 aromatic carbocycles. The van der Waals surface area contributed by atoms with Gasteiger partial charge in [-0.05, 0) is 43.9 Å². The van der Waals surface area contributed by atoms with Crippen molar-refractivity contribution in [3.05, 3.63) is 22.7 Å². The molecule has 2 aliphatic heterocycles. The zero-order chi connectivity index (χ0) is 14.5. The number of ether oxygens (including phenoxy) is 1. The van der Waals surface area contributed by atoms with Crippen LogP contribution < -0.4 is 10.5 Å². The lowest BCUT2D eigenvalue weighted by Gasteiger charge is -2.20. The first-order valence-corrected chi connectivity index (χ1v) is 8.46. The number of hydrogen-bond acceptors (Lipinski definition) is 4. The van der Waals surface area contributed by atoms with Gasteiger partial charge in [0.15, 0.2) is 0 Å². The Labute approximate surface area is 123 Å². The van der Waals surface area contributed by atoms with Crippen LogP contribution in [0.25, 0.3) is 0 Å². The molecular formula is C13H17ClN2O3S. The van der Waals surface area contributed by atoms with Gasteiger partial charge in [-0.1, -0.05) is 11.6 Å². The summed E-state index contributed by atoms with van der Waals surface area (Å²) in [6.07, 6.45) is 2.81.